The molecule has 3 aliphatic rings. The molecule has 0 bridgehead atoms. The van der Waals surface area contributed by atoms with E-state index in [1.807, 2.05) is 18.5 Å². The summed E-state index contributed by atoms with van der Waals surface area (Å²) in [6.07, 6.45) is 8.36. The highest BCUT2D eigenvalue weighted by molar-refractivity contribution is 5.92. The van der Waals surface area contributed by atoms with Gasteiger partial charge in [0.2, 0.25) is 0 Å². The SMILES string of the molecule is Cc1c(Cn2cnc(C(=O)N[C@@H]3CCc4c3ncn4C)c2)cnc(N2CC3C(C2)C3(F)F)c1C#N. The number of anilines is 1. The second kappa shape index (κ2) is 7.60. The van der Waals surface area contributed by atoms with Crippen LogP contribution in [-0.4, -0.2) is 49.0 Å². The summed E-state index contributed by atoms with van der Waals surface area (Å²) in [7, 11) is 1.95. The number of halogens is 2. The summed E-state index contributed by atoms with van der Waals surface area (Å²) in [6.45, 7) is 2.66. The zero-order valence-corrected chi connectivity index (χ0v) is 19.4. The molecule has 1 aliphatic heterocycles. The Morgan fingerprint density at radius 2 is 2.03 bits per heavy atom. The van der Waals surface area contributed by atoms with E-state index in [1.165, 1.54) is 0 Å². The van der Waals surface area contributed by atoms with Crippen LogP contribution in [0, 0.1) is 30.1 Å². The van der Waals surface area contributed by atoms with Crippen molar-refractivity contribution in [3.8, 4) is 6.07 Å². The fourth-order valence-electron chi connectivity index (χ4n) is 5.46. The number of imidazole rings is 2. The smallest absolute Gasteiger partial charge is 0.272 e. The molecule has 3 atom stereocenters. The lowest BCUT2D eigenvalue weighted by atomic mass is 10.1. The van der Waals surface area contributed by atoms with Gasteiger partial charge in [-0.3, -0.25) is 4.79 Å². The first-order chi connectivity index (χ1) is 16.8. The van der Waals surface area contributed by atoms with Crippen LogP contribution >= 0.6 is 0 Å². The van der Waals surface area contributed by atoms with Gasteiger partial charge in [-0.25, -0.2) is 23.7 Å². The molecular formula is C24H24F2N8O. The van der Waals surface area contributed by atoms with Crippen molar-refractivity contribution >= 4 is 11.7 Å². The standard InChI is InChI=1S/C24H24F2N8O/c1-13-14(6-28-22(15(13)5-27)34-8-16-17(9-34)24(16,25)26)7-33-10-19(29-12-33)23(35)31-18-3-4-20-21(18)30-11-32(20)2/h6,10-12,16-18H,3-4,7-9H2,1-2H3,(H,31,35)/t16?,17?,18-/m1/s1. The number of aromatic nitrogens is 5. The molecular weight excluding hydrogens is 454 g/mol. The Morgan fingerprint density at radius 3 is 2.77 bits per heavy atom. The lowest BCUT2D eigenvalue weighted by Crippen LogP contribution is -2.29. The number of nitriles is 1. The monoisotopic (exact) mass is 478 g/mol. The van der Waals surface area contributed by atoms with Crippen molar-refractivity contribution in [3.63, 3.8) is 0 Å². The van der Waals surface area contributed by atoms with Crippen LogP contribution < -0.4 is 10.2 Å². The van der Waals surface area contributed by atoms with Gasteiger partial charge in [0.25, 0.3) is 11.8 Å². The third-order valence-electron chi connectivity index (χ3n) is 7.65. The zero-order chi connectivity index (χ0) is 24.5. The minimum absolute atomic E-state index is 0.127. The summed E-state index contributed by atoms with van der Waals surface area (Å²) < 4.78 is 30.9. The molecule has 3 aromatic heterocycles. The molecule has 9 nitrogen and oxygen atoms in total. The van der Waals surface area contributed by atoms with Crippen molar-refractivity contribution in [2.45, 2.75) is 38.3 Å². The van der Waals surface area contributed by atoms with Crippen molar-refractivity contribution in [3.05, 3.63) is 58.8 Å². The molecule has 2 fully saturated rings. The van der Waals surface area contributed by atoms with E-state index >= 15 is 0 Å². The molecule has 6 rings (SSSR count). The Hall–Kier alpha value is -3.81. The highest BCUT2D eigenvalue weighted by atomic mass is 19.3. The van der Waals surface area contributed by atoms with Gasteiger partial charge >= 0.3 is 0 Å². The number of hydrogen-bond acceptors (Lipinski definition) is 6. The Bertz CT molecular complexity index is 1370. The molecule has 0 spiro atoms. The van der Waals surface area contributed by atoms with Crippen molar-refractivity contribution in [2.24, 2.45) is 18.9 Å². The molecule has 1 amide bonds. The highest BCUT2D eigenvalue weighted by Crippen LogP contribution is 2.59. The van der Waals surface area contributed by atoms with Crippen molar-refractivity contribution in [1.29, 1.82) is 5.26 Å². The second-order valence-electron chi connectivity index (χ2n) is 9.69. The summed E-state index contributed by atoms with van der Waals surface area (Å²) in [6, 6.07) is 2.08. The third kappa shape index (κ3) is 3.38. The van der Waals surface area contributed by atoms with Crippen LogP contribution in [0.3, 0.4) is 0 Å². The molecule has 1 saturated carbocycles. The molecule has 0 aromatic carbocycles. The van der Waals surface area contributed by atoms with Gasteiger partial charge in [0.1, 0.15) is 17.6 Å². The van der Waals surface area contributed by atoms with Gasteiger partial charge in [0.05, 0.1) is 48.3 Å². The minimum Gasteiger partial charge on any atom is -0.354 e. The predicted octanol–water partition coefficient (Wildman–Crippen LogP) is 2.36. The number of alkyl halides is 2. The quantitative estimate of drug-likeness (QED) is 0.604. The van der Waals surface area contributed by atoms with Crippen molar-refractivity contribution < 1.29 is 13.6 Å². The largest absolute Gasteiger partial charge is 0.354 e. The van der Waals surface area contributed by atoms with Gasteiger partial charge in [0, 0.05) is 38.2 Å². The number of hydrogen-bond donors (Lipinski definition) is 1. The number of fused-ring (bicyclic) bond motifs is 2. The molecule has 1 saturated heterocycles. The maximum absolute atomic E-state index is 13.6. The lowest BCUT2D eigenvalue weighted by molar-refractivity contribution is 0.0796. The van der Waals surface area contributed by atoms with E-state index in [0.717, 1.165) is 35.4 Å². The lowest BCUT2D eigenvalue weighted by Gasteiger charge is -2.23. The van der Waals surface area contributed by atoms with Gasteiger partial charge < -0.3 is 19.4 Å². The van der Waals surface area contributed by atoms with E-state index in [0.29, 0.717) is 23.6 Å². The fraction of sp³-hybridized carbons (Fsp3) is 0.458. The van der Waals surface area contributed by atoms with E-state index in [1.54, 1.807) is 34.5 Å². The van der Waals surface area contributed by atoms with Crippen LogP contribution in [0.4, 0.5) is 14.6 Å². The molecule has 2 aliphatic carbocycles. The van der Waals surface area contributed by atoms with Crippen molar-refractivity contribution in [1.82, 2.24) is 29.4 Å². The predicted molar refractivity (Wildman–Crippen MR) is 121 cm³/mol. The van der Waals surface area contributed by atoms with Crippen LogP contribution in [0.2, 0.25) is 0 Å². The van der Waals surface area contributed by atoms with Gasteiger partial charge in [-0.15, -0.1) is 0 Å². The maximum Gasteiger partial charge on any atom is 0.272 e. The minimum atomic E-state index is -2.58. The summed E-state index contributed by atoms with van der Waals surface area (Å²) in [4.78, 5) is 27.7. The van der Waals surface area contributed by atoms with Gasteiger partial charge in [-0.05, 0) is 30.9 Å². The first kappa shape index (κ1) is 21.7. The number of nitrogens with one attached hydrogen (secondary N) is 1. The molecule has 0 radical (unpaired) electrons. The zero-order valence-electron chi connectivity index (χ0n) is 19.4. The molecule has 180 valence electrons. The van der Waals surface area contributed by atoms with Gasteiger partial charge in [0.15, 0.2) is 0 Å². The average molecular weight is 479 g/mol. The Morgan fingerprint density at radius 1 is 1.26 bits per heavy atom. The van der Waals surface area contributed by atoms with E-state index in [2.05, 4.69) is 26.3 Å². The average Bonchev–Trinajstić information content (AvgIpc) is 3.47. The summed E-state index contributed by atoms with van der Waals surface area (Å²) in [5.41, 5.74) is 4.30. The number of amides is 1. The Kier molecular flexibility index (Phi) is 4.71. The summed E-state index contributed by atoms with van der Waals surface area (Å²) >= 11 is 0. The molecule has 3 aromatic rings. The maximum atomic E-state index is 13.6. The fourth-order valence-corrected chi connectivity index (χ4v) is 5.46. The van der Waals surface area contributed by atoms with E-state index in [9.17, 15) is 18.8 Å². The molecule has 35 heavy (non-hydrogen) atoms. The van der Waals surface area contributed by atoms with Crippen LogP contribution in [-0.2, 0) is 20.0 Å². The number of nitrogens with zero attached hydrogens (tertiary/aromatic N) is 7. The first-order valence-corrected chi connectivity index (χ1v) is 11.6. The number of piperidine rings is 1. The molecule has 2 unspecified atom stereocenters. The van der Waals surface area contributed by atoms with Gasteiger partial charge in [-0.2, -0.15) is 5.26 Å². The van der Waals surface area contributed by atoms with Crippen molar-refractivity contribution in [2.75, 3.05) is 18.0 Å². The van der Waals surface area contributed by atoms with E-state index in [4.69, 9.17) is 0 Å². The third-order valence-corrected chi connectivity index (χ3v) is 7.65. The Balaban J connectivity index is 1.15. The topological polar surface area (TPSA) is 105 Å². The number of aryl methyl sites for hydroxylation is 1. The molecule has 1 N–H and O–H groups in total. The van der Waals surface area contributed by atoms with E-state index < -0.39 is 17.8 Å². The Labute approximate surface area is 200 Å². The number of pyridine rings is 1. The van der Waals surface area contributed by atoms with Crippen LogP contribution in [0.15, 0.2) is 25.0 Å². The van der Waals surface area contributed by atoms with Crippen LogP contribution in [0.25, 0.3) is 0 Å². The number of carbonyl (C=O) groups excluding carboxylic acids is 1. The highest BCUT2D eigenvalue weighted by Gasteiger charge is 2.71. The number of rotatable bonds is 5. The van der Waals surface area contributed by atoms with E-state index in [-0.39, 0.29) is 25.0 Å². The summed E-state index contributed by atoms with van der Waals surface area (Å²) in [5, 5.41) is 12.8. The first-order valence-electron chi connectivity index (χ1n) is 11.6. The normalized spacial score (nSPS) is 23.6. The summed E-state index contributed by atoms with van der Waals surface area (Å²) in [5.74, 6) is -3.66. The van der Waals surface area contributed by atoms with Gasteiger partial charge in [-0.1, -0.05) is 0 Å². The molecule has 11 heteroatoms. The molecule has 4 heterocycles. The second-order valence-corrected chi connectivity index (χ2v) is 9.69. The van der Waals surface area contributed by atoms with Crippen LogP contribution in [0.1, 0.15) is 51.0 Å². The number of carbonyl (C=O) groups is 1. The van der Waals surface area contributed by atoms with Crippen LogP contribution in [0.5, 0.6) is 0 Å².